The molecule has 0 saturated heterocycles. The van der Waals surface area contributed by atoms with Crippen molar-refractivity contribution in [3.05, 3.63) is 33.7 Å². The van der Waals surface area contributed by atoms with Crippen LogP contribution in [0.25, 0.3) is 5.76 Å². The first-order chi connectivity index (χ1) is 6.95. The Morgan fingerprint density at radius 1 is 1.07 bits per heavy atom. The number of aromatic nitrogens is 1. The van der Waals surface area contributed by atoms with E-state index in [0.29, 0.717) is 11.7 Å². The molecule has 0 bridgehead atoms. The highest BCUT2D eigenvalue weighted by Gasteiger charge is 2.29. The fourth-order valence-electron chi connectivity index (χ4n) is 2.43. The van der Waals surface area contributed by atoms with Gasteiger partial charge in [0.05, 0.1) is 0 Å². The zero-order chi connectivity index (χ0) is 11.3. The molecule has 1 atom stereocenters. The molecule has 1 unspecified atom stereocenters. The minimum Gasteiger partial charge on any atom is -0.507 e. The van der Waals surface area contributed by atoms with Crippen LogP contribution in [-0.2, 0) is 0 Å². The van der Waals surface area contributed by atoms with Crippen molar-refractivity contribution < 1.29 is 5.11 Å². The van der Waals surface area contributed by atoms with Gasteiger partial charge in [-0.2, -0.15) is 0 Å². The van der Waals surface area contributed by atoms with Gasteiger partial charge in [0.15, 0.2) is 0 Å². The van der Waals surface area contributed by atoms with E-state index in [0.717, 1.165) is 22.5 Å². The fraction of sp³-hybridized carbons (Fsp3) is 0.462. The third kappa shape index (κ3) is 1.21. The van der Waals surface area contributed by atoms with E-state index in [4.69, 9.17) is 0 Å². The number of hydrogen-bond donors (Lipinski definition) is 1. The predicted octanol–water partition coefficient (Wildman–Crippen LogP) is 3.41. The third-order valence-electron chi connectivity index (χ3n) is 3.61. The van der Waals surface area contributed by atoms with Gasteiger partial charge in [0.1, 0.15) is 5.76 Å². The summed E-state index contributed by atoms with van der Waals surface area (Å²) < 4.78 is 0. The molecule has 0 amide bonds. The van der Waals surface area contributed by atoms with Gasteiger partial charge in [-0.25, -0.2) is 0 Å². The van der Waals surface area contributed by atoms with E-state index < -0.39 is 0 Å². The molecule has 1 aromatic heterocycles. The number of allylic oxidation sites excluding steroid dienone is 1. The summed E-state index contributed by atoms with van der Waals surface area (Å²) in [4.78, 5) is 4.47. The van der Waals surface area contributed by atoms with E-state index in [1.54, 1.807) is 0 Å². The summed E-state index contributed by atoms with van der Waals surface area (Å²) in [5.41, 5.74) is 6.50. The molecule has 2 rings (SSSR count). The van der Waals surface area contributed by atoms with Crippen LogP contribution in [0.15, 0.2) is 5.57 Å². The highest BCUT2D eigenvalue weighted by Crippen LogP contribution is 2.43. The topological polar surface area (TPSA) is 33.1 Å². The Morgan fingerprint density at radius 2 is 1.67 bits per heavy atom. The van der Waals surface area contributed by atoms with Crippen LogP contribution in [0.2, 0.25) is 0 Å². The van der Waals surface area contributed by atoms with E-state index in [9.17, 15) is 5.11 Å². The maximum absolute atomic E-state index is 10.1. The molecular weight excluding hydrogens is 186 g/mol. The minimum atomic E-state index is 0.320. The molecule has 1 aliphatic carbocycles. The average molecular weight is 203 g/mol. The summed E-state index contributed by atoms with van der Waals surface area (Å²) in [5.74, 6) is 0.756. The van der Waals surface area contributed by atoms with Crippen molar-refractivity contribution in [1.29, 1.82) is 0 Å². The van der Waals surface area contributed by atoms with Crippen molar-refractivity contribution in [2.75, 3.05) is 0 Å². The Kier molecular flexibility index (Phi) is 2.10. The summed E-state index contributed by atoms with van der Waals surface area (Å²) in [5, 5.41) is 10.1. The van der Waals surface area contributed by atoms with Crippen LogP contribution in [0.1, 0.15) is 47.8 Å². The molecule has 1 aromatic rings. The molecule has 0 aliphatic heterocycles. The molecule has 1 N–H and O–H groups in total. The number of pyridine rings is 1. The lowest BCUT2D eigenvalue weighted by atomic mass is 9.93. The monoisotopic (exact) mass is 203 g/mol. The molecule has 0 radical (unpaired) electrons. The fourth-order valence-corrected chi connectivity index (χ4v) is 2.43. The number of rotatable bonds is 0. The summed E-state index contributed by atoms with van der Waals surface area (Å²) in [6.45, 7) is 10.2. The Morgan fingerprint density at radius 3 is 2.27 bits per heavy atom. The van der Waals surface area contributed by atoms with Gasteiger partial charge >= 0.3 is 0 Å². The van der Waals surface area contributed by atoms with Crippen LogP contribution >= 0.6 is 0 Å². The van der Waals surface area contributed by atoms with Crippen LogP contribution in [-0.4, -0.2) is 10.1 Å². The van der Waals surface area contributed by atoms with Gasteiger partial charge in [-0.05, 0) is 44.4 Å². The largest absolute Gasteiger partial charge is 0.507 e. The van der Waals surface area contributed by atoms with Crippen LogP contribution in [0.4, 0.5) is 0 Å². The van der Waals surface area contributed by atoms with Gasteiger partial charge in [0.25, 0.3) is 0 Å². The van der Waals surface area contributed by atoms with Crippen molar-refractivity contribution in [1.82, 2.24) is 4.98 Å². The second-order valence-electron chi connectivity index (χ2n) is 4.45. The first-order valence-electron chi connectivity index (χ1n) is 5.33. The summed E-state index contributed by atoms with van der Waals surface area (Å²) >= 11 is 0. The Labute approximate surface area is 90.7 Å². The number of nitrogens with zero attached hydrogens (tertiary/aromatic N) is 1. The summed E-state index contributed by atoms with van der Waals surface area (Å²) in [6.07, 6.45) is 0. The maximum Gasteiger partial charge on any atom is 0.124 e. The molecule has 1 aliphatic rings. The molecular formula is C13H17NO. The Bertz CT molecular complexity index is 472. The normalized spacial score (nSPS) is 19.7. The van der Waals surface area contributed by atoms with Crippen molar-refractivity contribution in [3.63, 3.8) is 0 Å². The Hall–Kier alpha value is -1.31. The van der Waals surface area contributed by atoms with E-state index in [1.165, 1.54) is 11.1 Å². The lowest BCUT2D eigenvalue weighted by Crippen LogP contribution is -2.02. The van der Waals surface area contributed by atoms with E-state index in [2.05, 4.69) is 18.8 Å². The summed E-state index contributed by atoms with van der Waals surface area (Å²) in [6, 6.07) is 0. The van der Waals surface area contributed by atoms with E-state index in [1.807, 2.05) is 20.8 Å². The molecule has 0 fully saturated rings. The maximum atomic E-state index is 10.1. The molecule has 1 heterocycles. The van der Waals surface area contributed by atoms with E-state index in [-0.39, 0.29) is 0 Å². The molecule has 2 heteroatoms. The second kappa shape index (κ2) is 3.09. The molecule has 0 aromatic carbocycles. The minimum absolute atomic E-state index is 0.320. The SMILES string of the molecule is CC1=C(O)c2c(C)nc(C)c(C)c2C1C. The highest BCUT2D eigenvalue weighted by atomic mass is 16.3. The lowest BCUT2D eigenvalue weighted by molar-refractivity contribution is 0.507. The second-order valence-corrected chi connectivity index (χ2v) is 4.45. The number of aliphatic hydroxyl groups is 1. The van der Waals surface area contributed by atoms with Gasteiger partial charge in [-0.1, -0.05) is 6.92 Å². The van der Waals surface area contributed by atoms with Gasteiger partial charge < -0.3 is 5.11 Å². The molecule has 15 heavy (non-hydrogen) atoms. The predicted molar refractivity (Wildman–Crippen MR) is 62.1 cm³/mol. The average Bonchev–Trinajstić information content (AvgIpc) is 2.40. The van der Waals surface area contributed by atoms with Crippen LogP contribution in [0.5, 0.6) is 0 Å². The standard InChI is InChI=1S/C13H17NO/c1-6-7(2)13(15)12-10(5)14-9(4)8(3)11(6)12/h6,15H,1-5H3. The van der Waals surface area contributed by atoms with Crippen LogP contribution in [0.3, 0.4) is 0 Å². The van der Waals surface area contributed by atoms with Crippen molar-refractivity contribution in [2.24, 2.45) is 0 Å². The van der Waals surface area contributed by atoms with Crippen molar-refractivity contribution in [2.45, 2.75) is 40.5 Å². The highest BCUT2D eigenvalue weighted by molar-refractivity contribution is 5.75. The van der Waals surface area contributed by atoms with Crippen molar-refractivity contribution in [3.8, 4) is 0 Å². The molecule has 0 saturated carbocycles. The molecule has 80 valence electrons. The van der Waals surface area contributed by atoms with Gasteiger partial charge in [-0.15, -0.1) is 0 Å². The Balaban J connectivity index is 2.81. The number of aryl methyl sites for hydroxylation is 2. The van der Waals surface area contributed by atoms with Gasteiger partial charge in [0.2, 0.25) is 0 Å². The van der Waals surface area contributed by atoms with Gasteiger partial charge in [-0.3, -0.25) is 4.98 Å². The summed E-state index contributed by atoms with van der Waals surface area (Å²) in [7, 11) is 0. The van der Waals surface area contributed by atoms with E-state index >= 15 is 0 Å². The van der Waals surface area contributed by atoms with Crippen LogP contribution < -0.4 is 0 Å². The third-order valence-corrected chi connectivity index (χ3v) is 3.61. The number of aliphatic hydroxyl groups excluding tert-OH is 1. The smallest absolute Gasteiger partial charge is 0.124 e. The van der Waals surface area contributed by atoms with Crippen molar-refractivity contribution >= 4 is 5.76 Å². The quantitative estimate of drug-likeness (QED) is 0.701. The van der Waals surface area contributed by atoms with Crippen LogP contribution in [0, 0.1) is 20.8 Å². The van der Waals surface area contributed by atoms with Gasteiger partial charge in [0, 0.05) is 22.9 Å². The number of hydrogen-bond acceptors (Lipinski definition) is 2. The molecule has 0 spiro atoms. The lowest BCUT2D eigenvalue weighted by Gasteiger charge is -2.14. The number of fused-ring (bicyclic) bond motifs is 1. The first-order valence-corrected chi connectivity index (χ1v) is 5.33. The molecule has 2 nitrogen and oxygen atoms in total. The zero-order valence-electron chi connectivity index (χ0n) is 9.97. The zero-order valence-corrected chi connectivity index (χ0v) is 9.97. The first kappa shape index (κ1) is 10.2.